The van der Waals surface area contributed by atoms with Gasteiger partial charge in [0.2, 0.25) is 0 Å². The van der Waals surface area contributed by atoms with E-state index in [9.17, 15) is 9.59 Å². The Labute approximate surface area is 136 Å². The normalized spacial score (nSPS) is 10.5. The van der Waals surface area contributed by atoms with Gasteiger partial charge in [0.05, 0.1) is 17.6 Å². The van der Waals surface area contributed by atoms with Crippen molar-refractivity contribution < 1.29 is 4.79 Å². The summed E-state index contributed by atoms with van der Waals surface area (Å²) in [5, 5.41) is 13.7. The molecule has 116 valence electrons. The number of halogens is 1. The smallest absolute Gasteiger partial charge is 0.319 e. The van der Waals surface area contributed by atoms with E-state index in [0.29, 0.717) is 27.2 Å². The lowest BCUT2D eigenvalue weighted by atomic mass is 10.1. The van der Waals surface area contributed by atoms with Crippen molar-refractivity contribution in [3.63, 3.8) is 0 Å². The molecule has 1 aromatic heterocycles. The molecule has 0 aliphatic rings. The Morgan fingerprint density at radius 2 is 1.78 bits per heavy atom. The average molecular weight is 329 g/mol. The molecule has 3 aromatic rings. The van der Waals surface area contributed by atoms with Crippen molar-refractivity contribution in [1.82, 2.24) is 15.5 Å². The summed E-state index contributed by atoms with van der Waals surface area (Å²) in [4.78, 5) is 23.6. The second kappa shape index (κ2) is 6.50. The molecule has 0 unspecified atom stereocenters. The minimum Gasteiger partial charge on any atom is -0.332 e. The number of hydrogen-bond acceptors (Lipinski definition) is 3. The maximum atomic E-state index is 11.9. The molecule has 2 aromatic carbocycles. The second-order valence-electron chi connectivity index (χ2n) is 4.86. The highest BCUT2D eigenvalue weighted by molar-refractivity contribution is 6.30. The van der Waals surface area contributed by atoms with Gasteiger partial charge in [-0.05, 0) is 30.3 Å². The molecule has 0 spiro atoms. The first-order chi connectivity index (χ1) is 11.1. The Bertz CT molecular complexity index is 906. The topological polar surface area (TPSA) is 86.9 Å². The third-order valence-corrected chi connectivity index (χ3v) is 3.55. The van der Waals surface area contributed by atoms with Crippen molar-refractivity contribution in [3.05, 3.63) is 69.6 Å². The lowest BCUT2D eigenvalue weighted by Crippen LogP contribution is -2.29. The molecule has 0 fully saturated rings. The Morgan fingerprint density at radius 3 is 2.52 bits per heavy atom. The SMILES string of the molecule is O=C(NCc1n[nH]c(=O)c2ccccc12)Nc1ccc(Cl)cc1. The fourth-order valence-corrected chi connectivity index (χ4v) is 2.30. The van der Waals surface area contributed by atoms with E-state index in [1.54, 1.807) is 42.5 Å². The molecule has 0 saturated heterocycles. The monoisotopic (exact) mass is 328 g/mol. The number of nitrogens with one attached hydrogen (secondary N) is 3. The van der Waals surface area contributed by atoms with E-state index >= 15 is 0 Å². The minimum atomic E-state index is -0.371. The van der Waals surface area contributed by atoms with E-state index in [4.69, 9.17) is 11.6 Å². The highest BCUT2D eigenvalue weighted by Gasteiger charge is 2.07. The Morgan fingerprint density at radius 1 is 1.09 bits per heavy atom. The number of carbonyl (C=O) groups is 1. The number of carbonyl (C=O) groups excluding carboxylic acids is 1. The summed E-state index contributed by atoms with van der Waals surface area (Å²) in [6.07, 6.45) is 0. The van der Waals surface area contributed by atoms with Crippen LogP contribution in [0.3, 0.4) is 0 Å². The number of rotatable bonds is 3. The number of hydrogen-bond donors (Lipinski definition) is 3. The third kappa shape index (κ3) is 3.49. The first-order valence-electron chi connectivity index (χ1n) is 6.90. The van der Waals surface area contributed by atoms with Gasteiger partial charge in [0.15, 0.2) is 0 Å². The Balaban J connectivity index is 1.71. The number of fused-ring (bicyclic) bond motifs is 1. The Kier molecular flexibility index (Phi) is 4.25. The summed E-state index contributed by atoms with van der Waals surface area (Å²) in [6.45, 7) is 0.191. The molecule has 2 amide bonds. The van der Waals surface area contributed by atoms with Crippen LogP contribution in [0.2, 0.25) is 5.02 Å². The van der Waals surface area contributed by atoms with Crippen LogP contribution in [0.4, 0.5) is 10.5 Å². The number of aromatic amines is 1. The predicted octanol–water partition coefficient (Wildman–Crippen LogP) is 2.90. The molecular weight excluding hydrogens is 316 g/mol. The van der Waals surface area contributed by atoms with Crippen molar-refractivity contribution in [3.8, 4) is 0 Å². The first-order valence-corrected chi connectivity index (χ1v) is 7.28. The second-order valence-corrected chi connectivity index (χ2v) is 5.30. The number of benzene rings is 2. The molecule has 0 atom stereocenters. The lowest BCUT2D eigenvalue weighted by molar-refractivity contribution is 0.251. The van der Waals surface area contributed by atoms with Crippen LogP contribution in [0.15, 0.2) is 53.3 Å². The van der Waals surface area contributed by atoms with Gasteiger partial charge in [-0.15, -0.1) is 0 Å². The molecular formula is C16H13ClN4O2. The third-order valence-electron chi connectivity index (χ3n) is 3.29. The largest absolute Gasteiger partial charge is 0.332 e. The summed E-state index contributed by atoms with van der Waals surface area (Å²) in [7, 11) is 0. The van der Waals surface area contributed by atoms with Crippen LogP contribution in [0.25, 0.3) is 10.8 Å². The van der Waals surface area contributed by atoms with Gasteiger partial charge in [0.25, 0.3) is 5.56 Å². The zero-order valence-electron chi connectivity index (χ0n) is 12.0. The molecule has 23 heavy (non-hydrogen) atoms. The van der Waals surface area contributed by atoms with E-state index < -0.39 is 0 Å². The van der Waals surface area contributed by atoms with Gasteiger partial charge in [0, 0.05) is 16.1 Å². The number of amides is 2. The van der Waals surface area contributed by atoms with Crippen molar-refractivity contribution in [2.24, 2.45) is 0 Å². The number of aromatic nitrogens is 2. The minimum absolute atomic E-state index is 0.191. The zero-order valence-corrected chi connectivity index (χ0v) is 12.7. The molecule has 0 bridgehead atoms. The standard InChI is InChI=1S/C16H13ClN4O2/c17-10-5-7-11(8-6-10)19-16(23)18-9-14-12-3-1-2-4-13(12)15(22)21-20-14/h1-8H,9H2,(H,21,22)(H2,18,19,23). The van der Waals surface area contributed by atoms with Gasteiger partial charge < -0.3 is 10.6 Å². The van der Waals surface area contributed by atoms with E-state index in [0.717, 1.165) is 0 Å². The fourth-order valence-electron chi connectivity index (χ4n) is 2.18. The quantitative estimate of drug-likeness (QED) is 0.691. The summed E-state index contributed by atoms with van der Waals surface area (Å²) >= 11 is 5.79. The van der Waals surface area contributed by atoms with Crippen molar-refractivity contribution in [2.75, 3.05) is 5.32 Å². The summed E-state index contributed by atoms with van der Waals surface area (Å²) in [6, 6.07) is 13.5. The molecule has 6 nitrogen and oxygen atoms in total. The van der Waals surface area contributed by atoms with E-state index in [1.165, 1.54) is 0 Å². The molecule has 0 aliphatic heterocycles. The van der Waals surface area contributed by atoms with Gasteiger partial charge >= 0.3 is 6.03 Å². The van der Waals surface area contributed by atoms with Crippen LogP contribution < -0.4 is 16.2 Å². The summed E-state index contributed by atoms with van der Waals surface area (Å²) < 4.78 is 0. The molecule has 0 radical (unpaired) electrons. The fraction of sp³-hybridized carbons (Fsp3) is 0.0625. The predicted molar refractivity (Wildman–Crippen MR) is 89.7 cm³/mol. The van der Waals surface area contributed by atoms with Crippen LogP contribution >= 0.6 is 11.6 Å². The van der Waals surface area contributed by atoms with Gasteiger partial charge in [-0.3, -0.25) is 4.79 Å². The highest BCUT2D eigenvalue weighted by Crippen LogP contribution is 2.14. The average Bonchev–Trinajstić information content (AvgIpc) is 2.57. The lowest BCUT2D eigenvalue weighted by Gasteiger charge is -2.08. The zero-order chi connectivity index (χ0) is 16.2. The van der Waals surface area contributed by atoms with Crippen LogP contribution in [0.5, 0.6) is 0 Å². The van der Waals surface area contributed by atoms with Crippen LogP contribution in [0.1, 0.15) is 5.69 Å². The van der Waals surface area contributed by atoms with Crippen LogP contribution in [0, 0.1) is 0 Å². The molecule has 3 rings (SSSR count). The van der Waals surface area contributed by atoms with Gasteiger partial charge in [-0.2, -0.15) is 5.10 Å². The summed E-state index contributed by atoms with van der Waals surface area (Å²) in [5.41, 5.74) is 0.965. The van der Waals surface area contributed by atoms with Crippen molar-refractivity contribution >= 4 is 34.1 Å². The van der Waals surface area contributed by atoms with Crippen molar-refractivity contribution in [2.45, 2.75) is 6.54 Å². The molecule has 0 aliphatic carbocycles. The number of nitrogens with zero attached hydrogens (tertiary/aromatic N) is 1. The van der Waals surface area contributed by atoms with Gasteiger partial charge in [-0.25, -0.2) is 9.89 Å². The van der Waals surface area contributed by atoms with Crippen LogP contribution in [-0.4, -0.2) is 16.2 Å². The summed E-state index contributed by atoms with van der Waals surface area (Å²) in [5.74, 6) is 0. The maximum absolute atomic E-state index is 11.9. The van der Waals surface area contributed by atoms with E-state index in [2.05, 4.69) is 20.8 Å². The molecule has 0 saturated carbocycles. The van der Waals surface area contributed by atoms with Crippen molar-refractivity contribution in [1.29, 1.82) is 0 Å². The number of anilines is 1. The van der Waals surface area contributed by atoms with E-state index in [1.807, 2.05) is 6.07 Å². The first kappa shape index (κ1) is 15.1. The van der Waals surface area contributed by atoms with Gasteiger partial charge in [0.1, 0.15) is 0 Å². The molecule has 1 heterocycles. The van der Waals surface area contributed by atoms with Crippen LogP contribution in [-0.2, 0) is 6.54 Å². The number of urea groups is 1. The number of H-pyrrole nitrogens is 1. The van der Waals surface area contributed by atoms with E-state index in [-0.39, 0.29) is 18.1 Å². The maximum Gasteiger partial charge on any atom is 0.319 e. The molecule has 7 heteroatoms. The highest BCUT2D eigenvalue weighted by atomic mass is 35.5. The Hall–Kier alpha value is -2.86. The molecule has 3 N–H and O–H groups in total. The van der Waals surface area contributed by atoms with Gasteiger partial charge in [-0.1, -0.05) is 29.8 Å².